The van der Waals surface area contributed by atoms with E-state index in [0.29, 0.717) is 12.1 Å². The van der Waals surface area contributed by atoms with Crippen LogP contribution in [0.1, 0.15) is 61.4 Å². The van der Waals surface area contributed by atoms with Gasteiger partial charge in [0, 0.05) is 24.3 Å². The maximum Gasteiger partial charge on any atom is 0.0828 e. The lowest BCUT2D eigenvalue weighted by Crippen LogP contribution is -2.18. The number of aryl methyl sites for hydroxylation is 2. The summed E-state index contributed by atoms with van der Waals surface area (Å²) in [4.78, 5) is 0. The molecule has 1 N–H and O–H groups in total. The zero-order valence-electron chi connectivity index (χ0n) is 13.6. The van der Waals surface area contributed by atoms with Crippen LogP contribution < -0.4 is 5.32 Å². The van der Waals surface area contributed by atoms with Crippen molar-refractivity contribution in [1.82, 2.24) is 19.6 Å². The van der Waals surface area contributed by atoms with Crippen molar-refractivity contribution in [2.24, 2.45) is 7.05 Å². The maximum atomic E-state index is 4.67. The molecule has 0 aromatic carbocycles. The fraction of sp³-hybridized carbons (Fsp3) is 0.625. The number of aromatic nitrogens is 4. The van der Waals surface area contributed by atoms with E-state index in [9.17, 15) is 0 Å². The summed E-state index contributed by atoms with van der Waals surface area (Å²) in [5.74, 6) is 0. The zero-order chi connectivity index (χ0) is 15.1. The fourth-order valence-corrected chi connectivity index (χ4v) is 3.40. The Labute approximate surface area is 126 Å². The summed E-state index contributed by atoms with van der Waals surface area (Å²) in [7, 11) is 2.04. The Morgan fingerprint density at radius 2 is 2.10 bits per heavy atom. The lowest BCUT2D eigenvalue weighted by atomic mass is 9.92. The van der Waals surface area contributed by atoms with Crippen molar-refractivity contribution in [3.05, 3.63) is 28.8 Å². The van der Waals surface area contributed by atoms with Crippen LogP contribution in [0.2, 0.25) is 0 Å². The second-order valence-electron chi connectivity index (χ2n) is 6.34. The largest absolute Gasteiger partial charge is 0.375 e. The normalized spacial score (nSPS) is 18.1. The van der Waals surface area contributed by atoms with Crippen molar-refractivity contribution in [3.63, 3.8) is 0 Å². The molecule has 1 aliphatic carbocycles. The first-order chi connectivity index (χ1) is 9.99. The highest BCUT2D eigenvalue weighted by molar-refractivity contribution is 5.54. The topological polar surface area (TPSA) is 47.7 Å². The van der Waals surface area contributed by atoms with Gasteiger partial charge in [-0.25, -0.2) is 0 Å². The molecule has 21 heavy (non-hydrogen) atoms. The molecule has 0 amide bonds. The minimum atomic E-state index is 0.352. The van der Waals surface area contributed by atoms with Crippen molar-refractivity contribution >= 4 is 5.69 Å². The van der Waals surface area contributed by atoms with E-state index >= 15 is 0 Å². The first kappa shape index (κ1) is 14.2. The summed E-state index contributed by atoms with van der Waals surface area (Å²) in [5.41, 5.74) is 6.20. The van der Waals surface area contributed by atoms with E-state index < -0.39 is 0 Å². The highest BCUT2D eigenvalue weighted by Gasteiger charge is 2.25. The summed E-state index contributed by atoms with van der Waals surface area (Å²) in [6.07, 6.45) is 5.52. The number of anilines is 1. The second kappa shape index (κ2) is 5.20. The van der Waals surface area contributed by atoms with E-state index in [1.165, 1.54) is 29.1 Å². The Kier molecular flexibility index (Phi) is 3.51. The first-order valence-corrected chi connectivity index (χ1v) is 7.82. The van der Waals surface area contributed by atoms with Crippen LogP contribution in [-0.4, -0.2) is 19.6 Å². The van der Waals surface area contributed by atoms with Gasteiger partial charge in [-0.15, -0.1) is 0 Å². The van der Waals surface area contributed by atoms with E-state index in [-0.39, 0.29) is 0 Å². The van der Waals surface area contributed by atoms with Gasteiger partial charge in [-0.2, -0.15) is 10.2 Å². The van der Waals surface area contributed by atoms with Gasteiger partial charge in [0.25, 0.3) is 0 Å². The molecule has 0 radical (unpaired) electrons. The Morgan fingerprint density at radius 1 is 1.33 bits per heavy atom. The van der Waals surface area contributed by atoms with Gasteiger partial charge >= 0.3 is 0 Å². The monoisotopic (exact) mass is 287 g/mol. The zero-order valence-corrected chi connectivity index (χ0v) is 13.6. The van der Waals surface area contributed by atoms with Crippen LogP contribution in [0.4, 0.5) is 5.69 Å². The van der Waals surface area contributed by atoms with Crippen LogP contribution in [-0.2, 0) is 13.5 Å². The Bertz CT molecular complexity index is 650. The standard InChI is InChI=1S/C16H25N5/c1-10(2)21-12(4)16(11(3)19-21)18-14-7-6-8-15-13(14)9-17-20(15)5/h9-10,14,18H,6-8H2,1-5H3. The lowest BCUT2D eigenvalue weighted by Gasteiger charge is -2.25. The molecule has 2 aromatic heterocycles. The summed E-state index contributed by atoms with van der Waals surface area (Å²) >= 11 is 0. The summed E-state index contributed by atoms with van der Waals surface area (Å²) in [5, 5.41) is 12.8. The third-order valence-corrected chi connectivity index (χ3v) is 4.51. The Hall–Kier alpha value is -1.78. The van der Waals surface area contributed by atoms with Crippen molar-refractivity contribution in [2.75, 3.05) is 5.32 Å². The van der Waals surface area contributed by atoms with Crippen molar-refractivity contribution in [1.29, 1.82) is 0 Å². The summed E-state index contributed by atoms with van der Waals surface area (Å²) in [6, 6.07) is 0.740. The van der Waals surface area contributed by atoms with Crippen molar-refractivity contribution < 1.29 is 0 Å². The minimum Gasteiger partial charge on any atom is -0.375 e. The van der Waals surface area contributed by atoms with E-state index in [1.54, 1.807) is 0 Å². The predicted octanol–water partition coefficient (Wildman–Crippen LogP) is 3.30. The molecular weight excluding hydrogens is 262 g/mol. The average molecular weight is 287 g/mol. The molecule has 5 heteroatoms. The highest BCUT2D eigenvalue weighted by atomic mass is 15.3. The summed E-state index contributed by atoms with van der Waals surface area (Å²) < 4.78 is 4.12. The second-order valence-corrected chi connectivity index (χ2v) is 6.34. The van der Waals surface area contributed by atoms with Gasteiger partial charge in [-0.3, -0.25) is 9.36 Å². The molecule has 2 aromatic rings. The number of hydrogen-bond donors (Lipinski definition) is 1. The molecule has 1 aliphatic rings. The molecule has 0 saturated carbocycles. The van der Waals surface area contributed by atoms with Gasteiger partial charge < -0.3 is 5.32 Å². The molecule has 114 valence electrons. The number of rotatable bonds is 3. The molecular formula is C16H25N5. The molecule has 5 nitrogen and oxygen atoms in total. The van der Waals surface area contributed by atoms with Gasteiger partial charge in [-0.05, 0) is 47.0 Å². The quantitative estimate of drug-likeness (QED) is 0.942. The number of fused-ring (bicyclic) bond motifs is 1. The van der Waals surface area contributed by atoms with Crippen LogP contribution >= 0.6 is 0 Å². The van der Waals surface area contributed by atoms with Crippen LogP contribution in [0, 0.1) is 13.8 Å². The van der Waals surface area contributed by atoms with Crippen LogP contribution in [0.3, 0.4) is 0 Å². The molecule has 1 atom stereocenters. The van der Waals surface area contributed by atoms with E-state index in [0.717, 1.165) is 18.5 Å². The van der Waals surface area contributed by atoms with Gasteiger partial charge in [0.05, 0.1) is 29.3 Å². The average Bonchev–Trinajstić information content (AvgIpc) is 2.95. The Balaban J connectivity index is 1.92. The third kappa shape index (κ3) is 2.34. The number of hydrogen-bond acceptors (Lipinski definition) is 3. The van der Waals surface area contributed by atoms with E-state index in [1.807, 2.05) is 17.9 Å². The molecule has 0 spiro atoms. The van der Waals surface area contributed by atoms with Gasteiger partial charge in [0.15, 0.2) is 0 Å². The molecule has 1 unspecified atom stereocenters. The smallest absolute Gasteiger partial charge is 0.0828 e. The SMILES string of the molecule is Cc1nn(C(C)C)c(C)c1NC1CCCc2c1cnn2C. The Morgan fingerprint density at radius 3 is 2.76 bits per heavy atom. The van der Waals surface area contributed by atoms with Crippen LogP contribution in [0.15, 0.2) is 6.20 Å². The van der Waals surface area contributed by atoms with Crippen LogP contribution in [0.25, 0.3) is 0 Å². The molecule has 0 bridgehead atoms. The number of nitrogens with zero attached hydrogens (tertiary/aromatic N) is 4. The predicted molar refractivity (Wildman–Crippen MR) is 84.6 cm³/mol. The van der Waals surface area contributed by atoms with E-state index in [2.05, 4.69) is 47.9 Å². The molecule has 2 heterocycles. The molecule has 0 fully saturated rings. The third-order valence-electron chi connectivity index (χ3n) is 4.51. The highest BCUT2D eigenvalue weighted by Crippen LogP contribution is 2.34. The molecule has 0 aliphatic heterocycles. The van der Waals surface area contributed by atoms with Crippen molar-refractivity contribution in [3.8, 4) is 0 Å². The fourth-order valence-electron chi connectivity index (χ4n) is 3.40. The van der Waals surface area contributed by atoms with Gasteiger partial charge in [0.1, 0.15) is 0 Å². The summed E-state index contributed by atoms with van der Waals surface area (Å²) in [6.45, 7) is 8.57. The van der Waals surface area contributed by atoms with Crippen molar-refractivity contribution in [2.45, 2.75) is 59.0 Å². The van der Waals surface area contributed by atoms with Gasteiger partial charge in [-0.1, -0.05) is 0 Å². The van der Waals surface area contributed by atoms with E-state index in [4.69, 9.17) is 0 Å². The first-order valence-electron chi connectivity index (χ1n) is 7.82. The number of nitrogens with one attached hydrogen (secondary N) is 1. The lowest BCUT2D eigenvalue weighted by molar-refractivity contribution is 0.516. The van der Waals surface area contributed by atoms with Gasteiger partial charge in [0.2, 0.25) is 0 Å². The van der Waals surface area contributed by atoms with Crippen LogP contribution in [0.5, 0.6) is 0 Å². The molecule has 0 saturated heterocycles. The maximum absolute atomic E-state index is 4.67. The minimum absolute atomic E-state index is 0.352. The molecule has 3 rings (SSSR count).